The van der Waals surface area contributed by atoms with Gasteiger partial charge in [-0.1, -0.05) is 11.3 Å². The van der Waals surface area contributed by atoms with Crippen LogP contribution in [0.2, 0.25) is 0 Å². The molecular weight excluding hydrogens is 302 g/mol. The summed E-state index contributed by atoms with van der Waals surface area (Å²) in [5.74, 6) is 0.114. The van der Waals surface area contributed by atoms with Gasteiger partial charge in [0, 0.05) is 17.7 Å². The van der Waals surface area contributed by atoms with Crippen LogP contribution in [-0.2, 0) is 16.0 Å². The van der Waals surface area contributed by atoms with Crippen molar-refractivity contribution in [2.45, 2.75) is 12.8 Å². The molecule has 0 N–H and O–H groups in total. The van der Waals surface area contributed by atoms with E-state index in [1.165, 1.54) is 28.3 Å². The molecule has 0 aliphatic carbocycles. The molecule has 0 saturated heterocycles. The van der Waals surface area contributed by atoms with Gasteiger partial charge in [-0.25, -0.2) is 8.42 Å². The molecule has 0 aliphatic rings. The van der Waals surface area contributed by atoms with Crippen molar-refractivity contribution < 1.29 is 17.5 Å². The Morgan fingerprint density at radius 1 is 1.35 bits per heavy atom. The standard InChI is InChI=1S/C10H9N5O3S2/c1-7-11-12-10-15(7)13-9(19-10)8-2-4-14(5-3-8)6-20(16,17)18/h2-5H,6H2,1H3. The van der Waals surface area contributed by atoms with E-state index in [0.29, 0.717) is 10.8 Å². The number of hydrogen-bond acceptors (Lipinski definition) is 7. The van der Waals surface area contributed by atoms with Crippen LogP contribution in [0.3, 0.4) is 0 Å². The molecule has 0 bridgehead atoms. The van der Waals surface area contributed by atoms with E-state index in [9.17, 15) is 13.0 Å². The van der Waals surface area contributed by atoms with Crippen LogP contribution < -0.4 is 4.57 Å². The molecule has 0 saturated carbocycles. The molecule has 0 unspecified atom stereocenters. The van der Waals surface area contributed by atoms with Gasteiger partial charge in [0.15, 0.2) is 28.3 Å². The topological polar surface area (TPSA) is 104 Å². The van der Waals surface area contributed by atoms with Gasteiger partial charge in [-0.05, 0) is 6.92 Å². The van der Waals surface area contributed by atoms with Crippen molar-refractivity contribution in [1.82, 2.24) is 19.8 Å². The molecule has 0 aromatic carbocycles. The predicted molar refractivity (Wildman–Crippen MR) is 68.7 cm³/mol. The quantitative estimate of drug-likeness (QED) is 0.496. The zero-order chi connectivity index (χ0) is 14.3. The highest BCUT2D eigenvalue weighted by Crippen LogP contribution is 2.24. The number of fused-ring (bicyclic) bond motifs is 1. The first-order chi connectivity index (χ1) is 9.42. The Kier molecular flexibility index (Phi) is 3.00. The number of aromatic nitrogens is 5. The maximum Gasteiger partial charge on any atom is 0.236 e. The number of nitrogens with zero attached hydrogens (tertiary/aromatic N) is 5. The Balaban J connectivity index is 1.94. The third-order valence-corrected chi connectivity index (χ3v) is 4.15. The lowest BCUT2D eigenvalue weighted by Crippen LogP contribution is -2.36. The molecule has 0 spiro atoms. The normalized spacial score (nSPS) is 12.1. The van der Waals surface area contributed by atoms with E-state index in [0.717, 1.165) is 10.6 Å². The van der Waals surface area contributed by atoms with Gasteiger partial charge in [0.25, 0.3) is 0 Å². The van der Waals surface area contributed by atoms with Gasteiger partial charge in [-0.15, -0.1) is 10.2 Å². The summed E-state index contributed by atoms with van der Waals surface area (Å²) in [5, 5.41) is 13.0. The molecule has 8 nitrogen and oxygen atoms in total. The third-order valence-electron chi connectivity index (χ3n) is 2.59. The second-order valence-electron chi connectivity index (χ2n) is 4.14. The highest BCUT2D eigenvalue weighted by Gasteiger charge is 2.12. The largest absolute Gasteiger partial charge is 0.743 e. The summed E-state index contributed by atoms with van der Waals surface area (Å²) in [5.41, 5.74) is 0.819. The van der Waals surface area contributed by atoms with Crippen molar-refractivity contribution in [2.75, 3.05) is 0 Å². The fraction of sp³-hybridized carbons (Fsp3) is 0.200. The molecular formula is C10H9N5O3S2. The second-order valence-corrected chi connectivity index (χ2v) is 6.47. The molecule has 3 aromatic heterocycles. The van der Waals surface area contributed by atoms with E-state index in [4.69, 9.17) is 0 Å². The van der Waals surface area contributed by atoms with Crippen LogP contribution in [0.25, 0.3) is 15.5 Å². The van der Waals surface area contributed by atoms with Gasteiger partial charge in [-0.3, -0.25) is 0 Å². The van der Waals surface area contributed by atoms with E-state index in [1.54, 1.807) is 16.6 Å². The molecule has 0 amide bonds. The summed E-state index contributed by atoms with van der Waals surface area (Å²) in [6.45, 7) is 1.81. The molecule has 10 heteroatoms. The molecule has 104 valence electrons. The van der Waals surface area contributed by atoms with Crippen LogP contribution in [0.15, 0.2) is 24.5 Å². The van der Waals surface area contributed by atoms with Gasteiger partial charge >= 0.3 is 0 Å². The highest BCUT2D eigenvalue weighted by atomic mass is 32.2. The highest BCUT2D eigenvalue weighted by molar-refractivity contribution is 7.84. The minimum atomic E-state index is -4.29. The Hall–Kier alpha value is -1.91. The lowest BCUT2D eigenvalue weighted by atomic mass is 10.3. The minimum absolute atomic E-state index is 0.586. The lowest BCUT2D eigenvalue weighted by molar-refractivity contribution is -0.678. The van der Waals surface area contributed by atoms with Gasteiger partial charge in [-0.2, -0.15) is 14.2 Å². The molecule has 0 atom stereocenters. The summed E-state index contributed by atoms with van der Waals surface area (Å²) < 4.78 is 35.0. The number of rotatable bonds is 3. The summed E-state index contributed by atoms with van der Waals surface area (Å²) in [7, 11) is -4.29. The van der Waals surface area contributed by atoms with Crippen LogP contribution in [0.4, 0.5) is 0 Å². The summed E-state index contributed by atoms with van der Waals surface area (Å²) in [6, 6.07) is 3.40. The predicted octanol–water partition coefficient (Wildman–Crippen LogP) is -0.0486. The zero-order valence-electron chi connectivity index (χ0n) is 10.3. The molecule has 3 aromatic rings. The van der Waals surface area contributed by atoms with Crippen LogP contribution in [0.1, 0.15) is 5.82 Å². The molecule has 0 fully saturated rings. The van der Waals surface area contributed by atoms with E-state index in [2.05, 4.69) is 15.3 Å². The monoisotopic (exact) mass is 311 g/mol. The van der Waals surface area contributed by atoms with Crippen molar-refractivity contribution in [1.29, 1.82) is 0 Å². The van der Waals surface area contributed by atoms with Crippen molar-refractivity contribution in [3.63, 3.8) is 0 Å². The molecule has 3 heterocycles. The fourth-order valence-electron chi connectivity index (χ4n) is 1.70. The Morgan fingerprint density at radius 3 is 2.65 bits per heavy atom. The average molecular weight is 311 g/mol. The maximum absolute atomic E-state index is 10.7. The van der Waals surface area contributed by atoms with Gasteiger partial charge in [0.2, 0.25) is 10.8 Å². The number of pyridine rings is 1. The first-order valence-electron chi connectivity index (χ1n) is 5.54. The first kappa shape index (κ1) is 13.1. The minimum Gasteiger partial charge on any atom is -0.743 e. The summed E-state index contributed by atoms with van der Waals surface area (Å²) >= 11 is 1.38. The fourth-order valence-corrected chi connectivity index (χ4v) is 3.13. The molecule has 0 radical (unpaired) electrons. The molecule has 20 heavy (non-hydrogen) atoms. The summed E-state index contributed by atoms with van der Waals surface area (Å²) in [4.78, 5) is 0.691. The number of aryl methyl sites for hydroxylation is 1. The van der Waals surface area contributed by atoms with Crippen molar-refractivity contribution in [2.24, 2.45) is 0 Å². The Morgan fingerprint density at radius 2 is 2.05 bits per heavy atom. The van der Waals surface area contributed by atoms with E-state index in [1.807, 2.05) is 6.92 Å². The van der Waals surface area contributed by atoms with Crippen LogP contribution in [0.5, 0.6) is 0 Å². The third kappa shape index (κ3) is 2.53. The zero-order valence-corrected chi connectivity index (χ0v) is 11.9. The summed E-state index contributed by atoms with van der Waals surface area (Å²) in [6.07, 6.45) is 3.06. The molecule has 0 aliphatic heterocycles. The van der Waals surface area contributed by atoms with Crippen LogP contribution in [0, 0.1) is 6.92 Å². The van der Waals surface area contributed by atoms with E-state index < -0.39 is 16.0 Å². The molecule has 3 rings (SSSR count). The second kappa shape index (κ2) is 4.58. The van der Waals surface area contributed by atoms with Crippen molar-refractivity contribution >= 4 is 26.4 Å². The maximum atomic E-state index is 10.7. The lowest BCUT2D eigenvalue weighted by Gasteiger charge is -2.02. The first-order valence-corrected chi connectivity index (χ1v) is 7.94. The van der Waals surface area contributed by atoms with Gasteiger partial charge < -0.3 is 4.55 Å². The van der Waals surface area contributed by atoms with E-state index >= 15 is 0 Å². The van der Waals surface area contributed by atoms with Crippen molar-refractivity contribution in [3.05, 3.63) is 30.4 Å². The van der Waals surface area contributed by atoms with Crippen LogP contribution in [-0.4, -0.2) is 32.8 Å². The number of hydrogen-bond donors (Lipinski definition) is 0. The van der Waals surface area contributed by atoms with Gasteiger partial charge in [0.05, 0.1) is 0 Å². The van der Waals surface area contributed by atoms with Gasteiger partial charge in [0.1, 0.15) is 5.01 Å². The van der Waals surface area contributed by atoms with E-state index in [-0.39, 0.29) is 0 Å². The SMILES string of the molecule is Cc1nnc2sc(-c3cc[n+](CS(=O)(=O)[O-])cc3)nn12. The smallest absolute Gasteiger partial charge is 0.236 e. The Labute approximate surface area is 118 Å². The van der Waals surface area contributed by atoms with Crippen LogP contribution >= 0.6 is 11.3 Å². The average Bonchev–Trinajstić information content (AvgIpc) is 2.91. The Bertz CT molecular complexity index is 866. The van der Waals surface area contributed by atoms with Crippen molar-refractivity contribution in [3.8, 4) is 10.6 Å².